The fourth-order valence-corrected chi connectivity index (χ4v) is 4.73. The maximum absolute atomic E-state index is 12.3. The first-order chi connectivity index (χ1) is 18.3. The lowest BCUT2D eigenvalue weighted by Gasteiger charge is -2.19. The topological polar surface area (TPSA) is 134 Å². The average Bonchev–Trinajstić information content (AvgIpc) is 2.90. The van der Waals surface area contributed by atoms with Gasteiger partial charge in [-0.3, -0.25) is 18.6 Å². The van der Waals surface area contributed by atoms with E-state index in [0.29, 0.717) is 12.8 Å². The number of nitrogens with two attached hydrogens (primary N) is 1. The van der Waals surface area contributed by atoms with E-state index in [-0.39, 0.29) is 32.6 Å². The van der Waals surface area contributed by atoms with E-state index in [1.165, 1.54) is 77.0 Å². The number of phosphoric ester groups is 1. The average molecular weight is 566 g/mol. The molecule has 9 nitrogen and oxygen atoms in total. The summed E-state index contributed by atoms with van der Waals surface area (Å²) in [5.41, 5.74) is 5.27. The Bertz CT molecular complexity index is 620. The zero-order valence-corrected chi connectivity index (χ0v) is 25.1. The highest BCUT2D eigenvalue weighted by atomic mass is 31.2. The fraction of sp³-hybridized carbons (Fsp3) is 0.929. The number of unbranched alkanes of at least 4 members (excludes halogenated alkanes) is 15. The molecule has 0 aromatic heterocycles. The summed E-state index contributed by atoms with van der Waals surface area (Å²) in [6.45, 7) is 3.45. The number of hydrogen-bond acceptors (Lipinski definition) is 8. The van der Waals surface area contributed by atoms with Crippen molar-refractivity contribution in [3.8, 4) is 0 Å². The molecule has 0 aromatic rings. The molecule has 0 saturated carbocycles. The van der Waals surface area contributed by atoms with Gasteiger partial charge in [0.25, 0.3) is 0 Å². The van der Waals surface area contributed by atoms with Crippen LogP contribution < -0.4 is 5.73 Å². The van der Waals surface area contributed by atoms with E-state index < -0.39 is 32.5 Å². The first-order valence-electron chi connectivity index (χ1n) is 15.0. The van der Waals surface area contributed by atoms with Crippen LogP contribution in [0.2, 0.25) is 0 Å². The summed E-state index contributed by atoms with van der Waals surface area (Å²) in [5.74, 6) is -0.865. The van der Waals surface area contributed by atoms with Crippen LogP contribution in [-0.2, 0) is 32.7 Å². The van der Waals surface area contributed by atoms with Crippen LogP contribution in [0.25, 0.3) is 0 Å². The third-order valence-corrected chi connectivity index (χ3v) is 7.23. The van der Waals surface area contributed by atoms with Crippen LogP contribution >= 0.6 is 7.82 Å². The molecule has 0 amide bonds. The number of ether oxygens (including phenoxy) is 2. The molecule has 10 heteroatoms. The molecule has 0 saturated heterocycles. The zero-order chi connectivity index (χ0) is 28.3. The second-order valence-electron chi connectivity index (χ2n) is 9.98. The molecule has 38 heavy (non-hydrogen) atoms. The van der Waals surface area contributed by atoms with Crippen LogP contribution in [0.3, 0.4) is 0 Å². The van der Waals surface area contributed by atoms with Crippen molar-refractivity contribution in [1.29, 1.82) is 0 Å². The molecule has 0 bridgehead atoms. The number of carbonyl (C=O) groups is 2. The molecule has 0 spiro atoms. The lowest BCUT2D eigenvalue weighted by atomic mass is 10.0. The largest absolute Gasteiger partial charge is 0.472 e. The monoisotopic (exact) mass is 565 g/mol. The van der Waals surface area contributed by atoms with Gasteiger partial charge in [-0.15, -0.1) is 0 Å². The van der Waals surface area contributed by atoms with E-state index in [1.807, 2.05) is 6.92 Å². The second kappa shape index (κ2) is 26.2. The standard InChI is InChI=1S/C28H56NO8P/c1-3-5-7-8-9-10-11-12-13-14-15-16-17-18-19-21-28(31)37-26(24-34-27(30)20-6-4-2)25-36-38(32,33)35-23-22-29/h26H,3-25,29H2,1-2H3,(H,32,33). The second-order valence-corrected chi connectivity index (χ2v) is 11.4. The van der Waals surface area contributed by atoms with Gasteiger partial charge in [0.05, 0.1) is 13.2 Å². The van der Waals surface area contributed by atoms with Gasteiger partial charge in [-0.05, 0) is 12.8 Å². The summed E-state index contributed by atoms with van der Waals surface area (Å²) in [4.78, 5) is 33.8. The van der Waals surface area contributed by atoms with Gasteiger partial charge in [0.15, 0.2) is 6.10 Å². The Balaban J connectivity index is 4.05. The third kappa shape index (κ3) is 25.3. The molecule has 0 fully saturated rings. The summed E-state index contributed by atoms with van der Waals surface area (Å²) >= 11 is 0. The first-order valence-corrected chi connectivity index (χ1v) is 16.5. The number of rotatable bonds is 28. The minimum atomic E-state index is -4.34. The maximum Gasteiger partial charge on any atom is 0.472 e. The van der Waals surface area contributed by atoms with Crippen LogP contribution in [0.15, 0.2) is 0 Å². The highest BCUT2D eigenvalue weighted by molar-refractivity contribution is 7.47. The number of hydrogen-bond donors (Lipinski definition) is 2. The van der Waals surface area contributed by atoms with Crippen molar-refractivity contribution in [2.24, 2.45) is 5.73 Å². The molecular formula is C28H56NO8P. The summed E-state index contributed by atoms with van der Waals surface area (Å²) in [7, 11) is -4.34. The highest BCUT2D eigenvalue weighted by Crippen LogP contribution is 2.43. The molecule has 0 aliphatic carbocycles. The number of esters is 2. The molecule has 0 radical (unpaired) electrons. The summed E-state index contributed by atoms with van der Waals surface area (Å²) in [6, 6.07) is 0. The number of carbonyl (C=O) groups excluding carboxylic acids is 2. The van der Waals surface area contributed by atoms with Crippen LogP contribution in [-0.4, -0.2) is 49.3 Å². The SMILES string of the molecule is CCCCCCCCCCCCCCCCCC(=O)OC(COC(=O)CCCC)COP(=O)(O)OCCN. The third-order valence-electron chi connectivity index (χ3n) is 6.24. The van der Waals surface area contributed by atoms with Gasteiger partial charge >= 0.3 is 19.8 Å². The Hall–Kier alpha value is -0.990. The molecule has 0 rings (SSSR count). The van der Waals surface area contributed by atoms with E-state index in [1.54, 1.807) is 0 Å². The summed E-state index contributed by atoms with van der Waals surface area (Å²) in [6.07, 6.45) is 19.7. The molecule has 0 aromatic carbocycles. The smallest absolute Gasteiger partial charge is 0.462 e. The zero-order valence-electron chi connectivity index (χ0n) is 24.2. The van der Waals surface area contributed by atoms with Gasteiger partial charge < -0.3 is 20.1 Å². The molecule has 226 valence electrons. The van der Waals surface area contributed by atoms with Crippen LogP contribution in [0.4, 0.5) is 0 Å². The molecule has 3 N–H and O–H groups in total. The van der Waals surface area contributed by atoms with Crippen LogP contribution in [0.1, 0.15) is 136 Å². The molecular weight excluding hydrogens is 509 g/mol. The molecule has 0 aliphatic rings. The van der Waals surface area contributed by atoms with Crippen molar-refractivity contribution in [3.05, 3.63) is 0 Å². The predicted octanol–water partition coefficient (Wildman–Crippen LogP) is 6.99. The van der Waals surface area contributed by atoms with Crippen molar-refractivity contribution in [2.45, 2.75) is 142 Å². The minimum Gasteiger partial charge on any atom is -0.462 e. The predicted molar refractivity (Wildman–Crippen MR) is 151 cm³/mol. The van der Waals surface area contributed by atoms with Gasteiger partial charge in [0, 0.05) is 19.4 Å². The van der Waals surface area contributed by atoms with Gasteiger partial charge in [0.2, 0.25) is 0 Å². The van der Waals surface area contributed by atoms with Crippen LogP contribution in [0, 0.1) is 0 Å². The summed E-state index contributed by atoms with van der Waals surface area (Å²) in [5, 5.41) is 0. The fourth-order valence-electron chi connectivity index (χ4n) is 3.96. The maximum atomic E-state index is 12.3. The van der Waals surface area contributed by atoms with Gasteiger partial charge in [-0.2, -0.15) is 0 Å². The van der Waals surface area contributed by atoms with Gasteiger partial charge in [0.1, 0.15) is 6.61 Å². The quantitative estimate of drug-likeness (QED) is 0.0585. The molecule has 2 atom stereocenters. The Kier molecular flexibility index (Phi) is 25.6. The van der Waals surface area contributed by atoms with E-state index >= 15 is 0 Å². The van der Waals surface area contributed by atoms with Crippen LogP contribution in [0.5, 0.6) is 0 Å². The van der Waals surface area contributed by atoms with Crippen molar-refractivity contribution in [1.82, 2.24) is 0 Å². The highest BCUT2D eigenvalue weighted by Gasteiger charge is 2.25. The Labute approximate surface area is 231 Å². The summed E-state index contributed by atoms with van der Waals surface area (Å²) < 4.78 is 32.0. The minimum absolute atomic E-state index is 0.0562. The van der Waals surface area contributed by atoms with Crippen molar-refractivity contribution in [3.63, 3.8) is 0 Å². The first kappa shape index (κ1) is 37.0. The lowest BCUT2D eigenvalue weighted by molar-refractivity contribution is -0.161. The van der Waals surface area contributed by atoms with E-state index in [4.69, 9.17) is 19.7 Å². The molecule has 0 aliphatic heterocycles. The Morgan fingerprint density at radius 3 is 1.66 bits per heavy atom. The lowest BCUT2D eigenvalue weighted by Crippen LogP contribution is -2.29. The van der Waals surface area contributed by atoms with Gasteiger partial charge in [-0.1, -0.05) is 110 Å². The Morgan fingerprint density at radius 2 is 1.16 bits per heavy atom. The molecule has 0 heterocycles. The van der Waals surface area contributed by atoms with Crippen molar-refractivity contribution < 1.29 is 37.6 Å². The van der Waals surface area contributed by atoms with Crippen molar-refractivity contribution >= 4 is 19.8 Å². The Morgan fingerprint density at radius 1 is 0.684 bits per heavy atom. The van der Waals surface area contributed by atoms with E-state index in [9.17, 15) is 19.0 Å². The normalized spacial score (nSPS) is 13.7. The van der Waals surface area contributed by atoms with Gasteiger partial charge in [-0.25, -0.2) is 4.57 Å². The van der Waals surface area contributed by atoms with E-state index in [2.05, 4.69) is 11.4 Å². The van der Waals surface area contributed by atoms with Crippen molar-refractivity contribution in [2.75, 3.05) is 26.4 Å². The number of phosphoric acid groups is 1. The molecule has 2 unspecified atom stereocenters. The van der Waals surface area contributed by atoms with E-state index in [0.717, 1.165) is 19.3 Å².